The van der Waals surface area contributed by atoms with Gasteiger partial charge >= 0.3 is 0 Å². The predicted molar refractivity (Wildman–Crippen MR) is 40.0 cm³/mol. The number of rotatable bonds is 0. The van der Waals surface area contributed by atoms with Gasteiger partial charge in [0.15, 0.2) is 5.78 Å². The maximum Gasteiger partial charge on any atom is 0.180 e. The number of nitrogens with zero attached hydrogens (tertiary/aromatic N) is 1. The molecule has 0 aliphatic carbocycles. The lowest BCUT2D eigenvalue weighted by Gasteiger charge is -2.02. The van der Waals surface area contributed by atoms with E-state index >= 15 is 0 Å². The Morgan fingerprint density at radius 1 is 1.78 bits per heavy atom. The van der Waals surface area contributed by atoms with Gasteiger partial charge in [-0.05, 0) is 34.5 Å². The molecular formula is C6H6BrNO. The second-order valence-corrected chi connectivity index (χ2v) is 2.70. The molecule has 0 unspecified atom stereocenters. The number of Topliss-reactive ketones (excluding diaryl/α,β-unsaturated/α-hetero) is 1. The molecule has 9 heavy (non-hydrogen) atoms. The van der Waals surface area contributed by atoms with Crippen molar-refractivity contribution in [1.29, 1.82) is 0 Å². The first kappa shape index (κ1) is 6.68. The van der Waals surface area contributed by atoms with Gasteiger partial charge in [0.05, 0.1) is 0 Å². The highest BCUT2D eigenvalue weighted by atomic mass is 79.9. The normalized spacial score (nSPS) is 19.1. The van der Waals surface area contributed by atoms with E-state index in [4.69, 9.17) is 0 Å². The number of carbonyl (C=O) groups excluding carboxylic acids is 1. The molecule has 1 heterocycles. The number of carbonyl (C=O) groups is 1. The molecule has 3 heteroatoms. The zero-order valence-corrected chi connectivity index (χ0v) is 6.60. The fourth-order valence-corrected chi connectivity index (χ4v) is 1.05. The lowest BCUT2D eigenvalue weighted by molar-refractivity contribution is -0.114. The van der Waals surface area contributed by atoms with Crippen LogP contribution in [0.25, 0.3) is 0 Å². The number of dihydropyridines is 1. The third-order valence-electron chi connectivity index (χ3n) is 1.15. The molecule has 0 saturated carbocycles. The Morgan fingerprint density at radius 2 is 2.44 bits per heavy atom. The van der Waals surface area contributed by atoms with Crippen LogP contribution in [0.2, 0.25) is 0 Å². The molecule has 0 aromatic carbocycles. The molecule has 0 bridgehead atoms. The quantitative estimate of drug-likeness (QED) is 0.563. The molecule has 0 radical (unpaired) electrons. The highest BCUT2D eigenvalue weighted by Gasteiger charge is 2.08. The van der Waals surface area contributed by atoms with Crippen LogP contribution >= 0.6 is 15.9 Å². The molecule has 1 aliphatic heterocycles. The zero-order chi connectivity index (χ0) is 6.85. The van der Waals surface area contributed by atoms with Crippen molar-refractivity contribution in [1.82, 2.24) is 0 Å². The van der Waals surface area contributed by atoms with Gasteiger partial charge in [-0.3, -0.25) is 9.79 Å². The summed E-state index contributed by atoms with van der Waals surface area (Å²) in [5.41, 5.74) is 0.775. The van der Waals surface area contributed by atoms with E-state index in [0.29, 0.717) is 6.54 Å². The Kier molecular flexibility index (Phi) is 1.81. The zero-order valence-electron chi connectivity index (χ0n) is 5.02. The molecule has 2 nitrogen and oxygen atoms in total. The first-order valence-electron chi connectivity index (χ1n) is 2.61. The second kappa shape index (κ2) is 2.43. The van der Waals surface area contributed by atoms with Gasteiger partial charge in [-0.15, -0.1) is 0 Å². The molecule has 1 aliphatic rings. The third kappa shape index (κ3) is 1.48. The Bertz CT molecular complexity index is 205. The van der Waals surface area contributed by atoms with Crippen molar-refractivity contribution < 1.29 is 4.79 Å². The molecule has 0 aromatic rings. The van der Waals surface area contributed by atoms with Crippen LogP contribution in [0, 0.1) is 0 Å². The van der Waals surface area contributed by atoms with Crippen LogP contribution in [0.5, 0.6) is 0 Å². The summed E-state index contributed by atoms with van der Waals surface area (Å²) in [5, 5.41) is 0. The van der Waals surface area contributed by atoms with Crippen LogP contribution in [0.1, 0.15) is 6.92 Å². The van der Waals surface area contributed by atoms with E-state index < -0.39 is 0 Å². The van der Waals surface area contributed by atoms with Gasteiger partial charge in [0.2, 0.25) is 0 Å². The van der Waals surface area contributed by atoms with E-state index in [2.05, 4.69) is 20.9 Å². The fraction of sp³-hybridized carbons (Fsp3) is 0.333. The minimum Gasteiger partial charge on any atom is -0.292 e. The number of aliphatic imine (C=N–C) groups is 1. The van der Waals surface area contributed by atoms with E-state index in [-0.39, 0.29) is 5.78 Å². The summed E-state index contributed by atoms with van der Waals surface area (Å²) in [6, 6.07) is 0. The van der Waals surface area contributed by atoms with Crippen LogP contribution in [0.3, 0.4) is 0 Å². The molecule has 0 aromatic heterocycles. The second-order valence-electron chi connectivity index (χ2n) is 1.89. The van der Waals surface area contributed by atoms with Crippen molar-refractivity contribution in [3.8, 4) is 0 Å². The number of allylic oxidation sites excluding steroid dienone is 1. The molecule has 0 spiro atoms. The molecular weight excluding hydrogens is 182 g/mol. The van der Waals surface area contributed by atoms with E-state index in [9.17, 15) is 4.79 Å². The SMILES string of the molecule is CC1=CC(Br)=NCC1=O. The van der Waals surface area contributed by atoms with E-state index in [1.165, 1.54) is 0 Å². The number of hydrogen-bond acceptors (Lipinski definition) is 2. The van der Waals surface area contributed by atoms with Crippen LogP contribution in [-0.4, -0.2) is 16.9 Å². The van der Waals surface area contributed by atoms with Crippen LogP contribution in [-0.2, 0) is 4.79 Å². The van der Waals surface area contributed by atoms with Crippen molar-refractivity contribution in [2.75, 3.05) is 6.54 Å². The van der Waals surface area contributed by atoms with Gasteiger partial charge < -0.3 is 0 Å². The average molecular weight is 188 g/mol. The highest BCUT2D eigenvalue weighted by Crippen LogP contribution is 2.06. The maximum atomic E-state index is 10.7. The number of halogens is 1. The minimum absolute atomic E-state index is 0.109. The average Bonchev–Trinajstić information content (AvgIpc) is 1.80. The Balaban J connectivity index is 2.87. The first-order valence-corrected chi connectivity index (χ1v) is 3.41. The van der Waals surface area contributed by atoms with Crippen molar-refractivity contribution in [2.45, 2.75) is 6.92 Å². The summed E-state index contributed by atoms with van der Waals surface area (Å²) in [6.07, 6.45) is 1.73. The molecule has 0 atom stereocenters. The van der Waals surface area contributed by atoms with Gasteiger partial charge in [0.25, 0.3) is 0 Å². The number of ketones is 1. The van der Waals surface area contributed by atoms with Gasteiger partial charge in [-0.25, -0.2) is 0 Å². The van der Waals surface area contributed by atoms with Gasteiger partial charge in [-0.2, -0.15) is 0 Å². The molecule has 0 fully saturated rings. The topological polar surface area (TPSA) is 29.4 Å². The molecule has 0 amide bonds. The van der Waals surface area contributed by atoms with Crippen molar-refractivity contribution >= 4 is 26.3 Å². The van der Waals surface area contributed by atoms with Gasteiger partial charge in [-0.1, -0.05) is 0 Å². The summed E-state index contributed by atoms with van der Waals surface area (Å²) in [7, 11) is 0. The molecule has 0 saturated heterocycles. The summed E-state index contributed by atoms with van der Waals surface area (Å²) in [6.45, 7) is 2.08. The van der Waals surface area contributed by atoms with Crippen molar-refractivity contribution in [2.24, 2.45) is 4.99 Å². The van der Waals surface area contributed by atoms with Crippen LogP contribution in [0.4, 0.5) is 0 Å². The van der Waals surface area contributed by atoms with E-state index in [1.807, 2.05) is 0 Å². The Hall–Kier alpha value is -0.440. The first-order chi connectivity index (χ1) is 4.20. The van der Waals surface area contributed by atoms with Crippen molar-refractivity contribution in [3.05, 3.63) is 11.6 Å². The summed E-state index contributed by atoms with van der Waals surface area (Å²) < 4.78 is 0.764. The monoisotopic (exact) mass is 187 g/mol. The lowest BCUT2D eigenvalue weighted by atomic mass is 10.1. The molecule has 48 valence electrons. The Labute approximate surface area is 61.8 Å². The summed E-state index contributed by atoms with van der Waals surface area (Å²) in [5.74, 6) is 0.109. The van der Waals surface area contributed by atoms with Gasteiger partial charge in [0.1, 0.15) is 11.2 Å². The maximum absolute atomic E-state index is 10.7. The van der Waals surface area contributed by atoms with E-state index in [1.54, 1.807) is 13.0 Å². The third-order valence-corrected chi connectivity index (χ3v) is 1.63. The van der Waals surface area contributed by atoms with Gasteiger partial charge in [0, 0.05) is 0 Å². The Morgan fingerprint density at radius 3 is 2.89 bits per heavy atom. The molecule has 0 N–H and O–H groups in total. The van der Waals surface area contributed by atoms with E-state index in [0.717, 1.165) is 10.2 Å². The summed E-state index contributed by atoms with van der Waals surface area (Å²) >= 11 is 3.18. The lowest BCUT2D eigenvalue weighted by Crippen LogP contribution is -2.10. The highest BCUT2D eigenvalue weighted by molar-refractivity contribution is 9.18. The van der Waals surface area contributed by atoms with Crippen LogP contribution < -0.4 is 0 Å². The fourth-order valence-electron chi connectivity index (χ4n) is 0.577. The minimum atomic E-state index is 0.109. The standard InChI is InChI=1S/C6H6BrNO/c1-4-2-6(7)8-3-5(4)9/h2H,3H2,1H3. The molecule has 1 rings (SSSR count). The van der Waals surface area contributed by atoms with Crippen LogP contribution in [0.15, 0.2) is 16.6 Å². The predicted octanol–water partition coefficient (Wildman–Crippen LogP) is 1.31. The number of hydrogen-bond donors (Lipinski definition) is 0. The summed E-state index contributed by atoms with van der Waals surface area (Å²) in [4.78, 5) is 14.6. The smallest absolute Gasteiger partial charge is 0.180 e. The van der Waals surface area contributed by atoms with Crippen molar-refractivity contribution in [3.63, 3.8) is 0 Å². The largest absolute Gasteiger partial charge is 0.292 e.